The molecule has 2 N–H and O–H groups in total. The zero-order valence-corrected chi connectivity index (χ0v) is 12.2. The van der Waals surface area contributed by atoms with Crippen LogP contribution in [0.25, 0.3) is 21.9 Å². The molecule has 0 heterocycles. The molecule has 0 bridgehead atoms. The third-order valence-electron chi connectivity index (χ3n) is 3.80. The van der Waals surface area contributed by atoms with Gasteiger partial charge in [0.1, 0.15) is 11.5 Å². The van der Waals surface area contributed by atoms with E-state index in [1.54, 1.807) is 12.1 Å². The van der Waals surface area contributed by atoms with Crippen molar-refractivity contribution in [1.82, 2.24) is 0 Å². The van der Waals surface area contributed by atoms with E-state index in [9.17, 15) is 10.2 Å². The van der Waals surface area contributed by atoms with E-state index in [1.807, 2.05) is 32.0 Å². The number of aromatic hydroxyl groups is 2. The Morgan fingerprint density at radius 1 is 0.714 bits per heavy atom. The molecule has 0 aliphatic rings. The molecule has 3 aromatic rings. The molecule has 106 valence electrons. The molecule has 2 heteroatoms. The molecular formula is C19H18O2. The Kier molecular flexibility index (Phi) is 3.30. The molecule has 0 radical (unpaired) electrons. The van der Waals surface area contributed by atoms with Crippen molar-refractivity contribution >= 4 is 10.8 Å². The second kappa shape index (κ2) is 5.13. The van der Waals surface area contributed by atoms with Gasteiger partial charge in [-0.25, -0.2) is 0 Å². The van der Waals surface area contributed by atoms with E-state index in [4.69, 9.17) is 0 Å². The van der Waals surface area contributed by atoms with Gasteiger partial charge in [-0.1, -0.05) is 50.2 Å². The van der Waals surface area contributed by atoms with Crippen molar-refractivity contribution in [3.63, 3.8) is 0 Å². The molecule has 0 saturated carbocycles. The van der Waals surface area contributed by atoms with Crippen LogP contribution in [0.2, 0.25) is 0 Å². The first-order valence-electron chi connectivity index (χ1n) is 7.11. The number of phenolic OH excluding ortho intramolecular Hbond substituents is 2. The summed E-state index contributed by atoms with van der Waals surface area (Å²) >= 11 is 0. The van der Waals surface area contributed by atoms with Gasteiger partial charge in [0.05, 0.1) is 0 Å². The molecule has 3 aromatic carbocycles. The monoisotopic (exact) mass is 278 g/mol. The average Bonchev–Trinajstić information content (AvgIpc) is 2.45. The summed E-state index contributed by atoms with van der Waals surface area (Å²) in [7, 11) is 0. The van der Waals surface area contributed by atoms with Crippen molar-refractivity contribution in [2.24, 2.45) is 0 Å². The van der Waals surface area contributed by atoms with Gasteiger partial charge in [0.2, 0.25) is 0 Å². The summed E-state index contributed by atoms with van der Waals surface area (Å²) in [6, 6.07) is 17.7. The Balaban J connectivity index is 2.14. The van der Waals surface area contributed by atoms with Crippen LogP contribution in [0.15, 0.2) is 54.6 Å². The molecule has 0 aliphatic heterocycles. The van der Waals surface area contributed by atoms with Gasteiger partial charge in [-0.15, -0.1) is 0 Å². The van der Waals surface area contributed by atoms with Crippen molar-refractivity contribution in [1.29, 1.82) is 0 Å². The van der Waals surface area contributed by atoms with Crippen LogP contribution >= 0.6 is 0 Å². The Morgan fingerprint density at radius 3 is 1.95 bits per heavy atom. The van der Waals surface area contributed by atoms with Crippen LogP contribution in [0.5, 0.6) is 11.5 Å². The normalized spacial score (nSPS) is 11.2. The van der Waals surface area contributed by atoms with Crippen molar-refractivity contribution in [3.8, 4) is 22.6 Å². The third kappa shape index (κ3) is 2.45. The standard InChI is InChI=1S/C19H18O2/c1-12(2)19-17(20)10-16(11-18(19)21)15-8-7-13-5-3-4-6-14(13)9-15/h3-12,20-21H,1-2H3. The van der Waals surface area contributed by atoms with Gasteiger partial charge in [-0.05, 0) is 46.0 Å². The van der Waals surface area contributed by atoms with Crippen LogP contribution in [0.1, 0.15) is 25.3 Å². The molecule has 0 aliphatic carbocycles. The van der Waals surface area contributed by atoms with Crippen LogP contribution in [-0.4, -0.2) is 10.2 Å². The van der Waals surface area contributed by atoms with Crippen LogP contribution < -0.4 is 0 Å². The van der Waals surface area contributed by atoms with E-state index >= 15 is 0 Å². The summed E-state index contributed by atoms with van der Waals surface area (Å²) in [5.74, 6) is 0.372. The predicted octanol–water partition coefficient (Wildman–Crippen LogP) is 5.04. The Labute approximate surface area is 124 Å². The smallest absolute Gasteiger partial charge is 0.123 e. The first kappa shape index (κ1) is 13.5. The zero-order chi connectivity index (χ0) is 15.0. The SMILES string of the molecule is CC(C)c1c(O)cc(-c2ccc3ccccc3c2)cc1O. The van der Waals surface area contributed by atoms with E-state index in [0.29, 0.717) is 5.56 Å². The topological polar surface area (TPSA) is 40.5 Å². The van der Waals surface area contributed by atoms with Crippen LogP contribution in [0.4, 0.5) is 0 Å². The molecule has 21 heavy (non-hydrogen) atoms. The first-order chi connectivity index (χ1) is 10.1. The second-order valence-corrected chi connectivity index (χ2v) is 5.64. The quantitative estimate of drug-likeness (QED) is 0.689. The van der Waals surface area contributed by atoms with E-state index in [0.717, 1.165) is 16.5 Å². The lowest BCUT2D eigenvalue weighted by Gasteiger charge is -2.13. The molecule has 2 nitrogen and oxygen atoms in total. The highest BCUT2D eigenvalue weighted by molar-refractivity contribution is 5.87. The van der Waals surface area contributed by atoms with Gasteiger partial charge in [-0.2, -0.15) is 0 Å². The number of hydrogen-bond acceptors (Lipinski definition) is 2. The predicted molar refractivity (Wildman–Crippen MR) is 86.8 cm³/mol. The molecule has 0 spiro atoms. The van der Waals surface area contributed by atoms with Crippen LogP contribution in [0, 0.1) is 0 Å². The van der Waals surface area contributed by atoms with Crippen molar-refractivity contribution < 1.29 is 10.2 Å². The lowest BCUT2D eigenvalue weighted by Crippen LogP contribution is -1.90. The van der Waals surface area contributed by atoms with E-state index in [2.05, 4.69) is 24.3 Å². The maximum Gasteiger partial charge on any atom is 0.123 e. The summed E-state index contributed by atoms with van der Waals surface area (Å²) < 4.78 is 0. The number of rotatable bonds is 2. The van der Waals surface area contributed by atoms with Crippen molar-refractivity contribution in [2.75, 3.05) is 0 Å². The van der Waals surface area contributed by atoms with Crippen molar-refractivity contribution in [2.45, 2.75) is 19.8 Å². The maximum absolute atomic E-state index is 10.2. The highest BCUT2D eigenvalue weighted by atomic mass is 16.3. The summed E-state index contributed by atoms with van der Waals surface area (Å²) in [4.78, 5) is 0. The summed E-state index contributed by atoms with van der Waals surface area (Å²) in [6.07, 6.45) is 0. The Hall–Kier alpha value is -2.48. The van der Waals surface area contributed by atoms with Crippen LogP contribution in [0.3, 0.4) is 0 Å². The molecular weight excluding hydrogens is 260 g/mol. The minimum Gasteiger partial charge on any atom is -0.507 e. The van der Waals surface area contributed by atoms with Crippen molar-refractivity contribution in [3.05, 3.63) is 60.2 Å². The van der Waals surface area contributed by atoms with Crippen LogP contribution in [-0.2, 0) is 0 Å². The minimum atomic E-state index is 0.0793. The van der Waals surface area contributed by atoms with Gasteiger partial charge < -0.3 is 10.2 Å². The minimum absolute atomic E-state index is 0.0793. The molecule has 0 saturated heterocycles. The lowest BCUT2D eigenvalue weighted by molar-refractivity contribution is 0.434. The van der Waals surface area contributed by atoms with Gasteiger partial charge in [0.15, 0.2) is 0 Å². The summed E-state index contributed by atoms with van der Waals surface area (Å²) in [6.45, 7) is 3.90. The maximum atomic E-state index is 10.2. The second-order valence-electron chi connectivity index (χ2n) is 5.64. The fraction of sp³-hybridized carbons (Fsp3) is 0.158. The number of benzene rings is 3. The number of fused-ring (bicyclic) bond motifs is 1. The van der Waals surface area contributed by atoms with Gasteiger partial charge in [-0.3, -0.25) is 0 Å². The van der Waals surface area contributed by atoms with Gasteiger partial charge >= 0.3 is 0 Å². The first-order valence-corrected chi connectivity index (χ1v) is 7.11. The Bertz CT molecular complexity index is 781. The van der Waals surface area contributed by atoms with Gasteiger partial charge in [0, 0.05) is 5.56 Å². The molecule has 0 unspecified atom stereocenters. The highest BCUT2D eigenvalue weighted by Gasteiger charge is 2.14. The molecule has 0 aromatic heterocycles. The molecule has 0 amide bonds. The summed E-state index contributed by atoms with van der Waals surface area (Å²) in [5.41, 5.74) is 2.40. The highest BCUT2D eigenvalue weighted by Crippen LogP contribution is 2.38. The molecule has 3 rings (SSSR count). The largest absolute Gasteiger partial charge is 0.507 e. The fourth-order valence-corrected chi connectivity index (χ4v) is 2.75. The summed E-state index contributed by atoms with van der Waals surface area (Å²) in [5, 5.41) is 22.6. The van der Waals surface area contributed by atoms with E-state index < -0.39 is 0 Å². The zero-order valence-electron chi connectivity index (χ0n) is 12.2. The Morgan fingerprint density at radius 2 is 1.33 bits per heavy atom. The van der Waals surface area contributed by atoms with E-state index in [1.165, 1.54) is 5.39 Å². The third-order valence-corrected chi connectivity index (χ3v) is 3.80. The number of hydrogen-bond donors (Lipinski definition) is 2. The molecule has 0 fully saturated rings. The van der Waals surface area contributed by atoms with E-state index in [-0.39, 0.29) is 17.4 Å². The lowest BCUT2D eigenvalue weighted by atomic mass is 9.95. The van der Waals surface area contributed by atoms with Gasteiger partial charge in [0.25, 0.3) is 0 Å². The fourth-order valence-electron chi connectivity index (χ4n) is 2.75. The number of phenols is 2. The average molecular weight is 278 g/mol. The molecule has 0 atom stereocenters.